The van der Waals surface area contributed by atoms with Crippen molar-refractivity contribution < 1.29 is 14.3 Å². The maximum absolute atomic E-state index is 11.5. The molecule has 0 aromatic carbocycles. The highest BCUT2D eigenvalue weighted by Crippen LogP contribution is 2.35. The van der Waals surface area contributed by atoms with Gasteiger partial charge in [0.15, 0.2) is 6.10 Å². The Morgan fingerprint density at radius 3 is 2.81 bits per heavy atom. The van der Waals surface area contributed by atoms with E-state index in [1.165, 1.54) is 20.0 Å². The van der Waals surface area contributed by atoms with Gasteiger partial charge in [-0.15, -0.1) is 0 Å². The summed E-state index contributed by atoms with van der Waals surface area (Å²) < 4.78 is 10.5. The van der Waals surface area contributed by atoms with Crippen LogP contribution in [0.2, 0.25) is 0 Å². The molecule has 1 N–H and O–H groups in total. The van der Waals surface area contributed by atoms with E-state index in [4.69, 9.17) is 9.47 Å². The molecular weight excluding hydrogens is 206 g/mol. The van der Waals surface area contributed by atoms with Crippen LogP contribution in [0.25, 0.3) is 0 Å². The van der Waals surface area contributed by atoms with Crippen LogP contribution in [-0.2, 0) is 14.3 Å². The van der Waals surface area contributed by atoms with E-state index in [1.54, 1.807) is 0 Å². The van der Waals surface area contributed by atoms with Crippen molar-refractivity contribution in [3.63, 3.8) is 0 Å². The first kappa shape index (κ1) is 11.9. The molecule has 0 aromatic rings. The summed E-state index contributed by atoms with van der Waals surface area (Å²) in [5.74, 6) is 0.759. The minimum Gasteiger partial charge on any atom is -0.467 e. The molecule has 2 unspecified atom stereocenters. The van der Waals surface area contributed by atoms with E-state index in [-0.39, 0.29) is 12.1 Å². The average molecular weight is 227 g/mol. The van der Waals surface area contributed by atoms with Crippen LogP contribution in [0.1, 0.15) is 25.7 Å². The van der Waals surface area contributed by atoms with E-state index in [9.17, 15) is 4.79 Å². The van der Waals surface area contributed by atoms with Crippen molar-refractivity contribution in [1.82, 2.24) is 5.32 Å². The van der Waals surface area contributed by atoms with Gasteiger partial charge in [-0.2, -0.15) is 0 Å². The summed E-state index contributed by atoms with van der Waals surface area (Å²) in [7, 11) is 1.43. The first-order valence-electron chi connectivity index (χ1n) is 6.21. The average Bonchev–Trinajstić information content (AvgIpc) is 3.15. The molecule has 0 amide bonds. The maximum Gasteiger partial charge on any atom is 0.335 e. The number of hydrogen-bond donors (Lipinski definition) is 1. The van der Waals surface area contributed by atoms with Gasteiger partial charge in [-0.1, -0.05) is 0 Å². The Hall–Kier alpha value is -0.610. The van der Waals surface area contributed by atoms with Crippen molar-refractivity contribution in [2.45, 2.75) is 31.8 Å². The van der Waals surface area contributed by atoms with Gasteiger partial charge in [0.1, 0.15) is 0 Å². The third-order valence-corrected chi connectivity index (χ3v) is 3.39. The topological polar surface area (TPSA) is 47.6 Å². The summed E-state index contributed by atoms with van der Waals surface area (Å²) in [5, 5.41) is 3.35. The molecule has 1 heterocycles. The molecule has 92 valence electrons. The standard InChI is InChI=1S/C12H21NO3/c1-15-12(14)11(10-4-5-10)16-8-9-3-2-6-13-7-9/h9-11,13H,2-8H2,1H3. The highest BCUT2D eigenvalue weighted by atomic mass is 16.6. The van der Waals surface area contributed by atoms with Crippen LogP contribution in [0.4, 0.5) is 0 Å². The molecule has 2 fully saturated rings. The van der Waals surface area contributed by atoms with Gasteiger partial charge in [0.05, 0.1) is 13.7 Å². The molecule has 0 radical (unpaired) electrons. The normalized spacial score (nSPS) is 27.4. The molecule has 1 aliphatic carbocycles. The summed E-state index contributed by atoms with van der Waals surface area (Å²) in [6.07, 6.45) is 4.30. The minimum atomic E-state index is -0.313. The van der Waals surface area contributed by atoms with Gasteiger partial charge in [-0.05, 0) is 44.1 Å². The zero-order valence-electron chi connectivity index (χ0n) is 9.91. The molecule has 4 heteroatoms. The number of methoxy groups -OCH3 is 1. The lowest BCUT2D eigenvalue weighted by Crippen LogP contribution is -2.35. The first-order valence-corrected chi connectivity index (χ1v) is 6.21. The summed E-state index contributed by atoms with van der Waals surface area (Å²) in [6.45, 7) is 2.81. The van der Waals surface area contributed by atoms with Crippen LogP contribution < -0.4 is 5.32 Å². The molecule has 2 aliphatic rings. The number of piperidine rings is 1. The van der Waals surface area contributed by atoms with Crippen molar-refractivity contribution in [2.24, 2.45) is 11.8 Å². The SMILES string of the molecule is COC(=O)C(OCC1CCCNC1)C1CC1. The van der Waals surface area contributed by atoms with Crippen LogP contribution in [-0.4, -0.2) is 38.9 Å². The third-order valence-electron chi connectivity index (χ3n) is 3.39. The maximum atomic E-state index is 11.5. The summed E-state index contributed by atoms with van der Waals surface area (Å²) in [4.78, 5) is 11.5. The van der Waals surface area contributed by atoms with Gasteiger partial charge in [-0.3, -0.25) is 0 Å². The predicted octanol–water partition coefficient (Wildman–Crippen LogP) is 0.954. The van der Waals surface area contributed by atoms with Crippen LogP contribution in [0.5, 0.6) is 0 Å². The fourth-order valence-electron chi connectivity index (χ4n) is 2.22. The largest absolute Gasteiger partial charge is 0.467 e. The number of rotatable bonds is 5. The zero-order valence-corrected chi connectivity index (χ0v) is 9.91. The van der Waals surface area contributed by atoms with Crippen LogP contribution >= 0.6 is 0 Å². The van der Waals surface area contributed by atoms with Gasteiger partial charge in [-0.25, -0.2) is 4.79 Å². The fourth-order valence-corrected chi connectivity index (χ4v) is 2.22. The number of carbonyl (C=O) groups is 1. The Morgan fingerprint density at radius 1 is 1.44 bits per heavy atom. The fraction of sp³-hybridized carbons (Fsp3) is 0.917. The molecule has 1 aliphatic heterocycles. The second-order valence-electron chi connectivity index (χ2n) is 4.83. The van der Waals surface area contributed by atoms with E-state index in [0.29, 0.717) is 18.4 Å². The second kappa shape index (κ2) is 5.64. The van der Waals surface area contributed by atoms with Crippen LogP contribution in [0.3, 0.4) is 0 Å². The van der Waals surface area contributed by atoms with Gasteiger partial charge < -0.3 is 14.8 Å². The summed E-state index contributed by atoms with van der Waals surface area (Å²) >= 11 is 0. The van der Waals surface area contributed by atoms with Crippen molar-refractivity contribution in [3.8, 4) is 0 Å². The Bertz CT molecular complexity index is 234. The minimum absolute atomic E-state index is 0.203. The van der Waals surface area contributed by atoms with Gasteiger partial charge in [0.25, 0.3) is 0 Å². The third kappa shape index (κ3) is 3.19. The Labute approximate surface area is 96.7 Å². The number of ether oxygens (including phenoxy) is 2. The van der Waals surface area contributed by atoms with Crippen LogP contribution in [0.15, 0.2) is 0 Å². The molecule has 1 saturated heterocycles. The Kier molecular flexibility index (Phi) is 4.18. The van der Waals surface area contributed by atoms with Crippen molar-refractivity contribution in [2.75, 3.05) is 26.8 Å². The quantitative estimate of drug-likeness (QED) is 0.711. The molecule has 2 atom stereocenters. The molecule has 0 bridgehead atoms. The zero-order chi connectivity index (χ0) is 11.4. The Morgan fingerprint density at radius 2 is 2.25 bits per heavy atom. The number of carbonyl (C=O) groups excluding carboxylic acids is 1. The number of nitrogens with one attached hydrogen (secondary N) is 1. The van der Waals surface area contributed by atoms with E-state index in [2.05, 4.69) is 5.32 Å². The van der Waals surface area contributed by atoms with Gasteiger partial charge >= 0.3 is 5.97 Å². The molecule has 16 heavy (non-hydrogen) atoms. The highest BCUT2D eigenvalue weighted by Gasteiger charge is 2.38. The molecule has 1 saturated carbocycles. The first-order chi connectivity index (χ1) is 7.81. The van der Waals surface area contributed by atoms with Gasteiger partial charge in [0, 0.05) is 6.54 Å². The lowest BCUT2D eigenvalue weighted by Gasteiger charge is -2.24. The van der Waals surface area contributed by atoms with E-state index in [0.717, 1.165) is 25.9 Å². The van der Waals surface area contributed by atoms with Crippen molar-refractivity contribution in [3.05, 3.63) is 0 Å². The van der Waals surface area contributed by atoms with E-state index in [1.807, 2.05) is 0 Å². The number of hydrogen-bond acceptors (Lipinski definition) is 4. The molecule has 0 aromatic heterocycles. The van der Waals surface area contributed by atoms with E-state index >= 15 is 0 Å². The summed E-state index contributed by atoms with van der Waals surface area (Å²) in [5.41, 5.74) is 0. The molecular formula is C12H21NO3. The molecule has 4 nitrogen and oxygen atoms in total. The lowest BCUT2D eigenvalue weighted by molar-refractivity contribution is -0.156. The Balaban J connectivity index is 1.74. The number of esters is 1. The molecule has 2 rings (SSSR count). The highest BCUT2D eigenvalue weighted by molar-refractivity contribution is 5.75. The van der Waals surface area contributed by atoms with Crippen molar-refractivity contribution in [1.29, 1.82) is 0 Å². The predicted molar refractivity (Wildman–Crippen MR) is 60.1 cm³/mol. The molecule has 0 spiro atoms. The lowest BCUT2D eigenvalue weighted by atomic mass is 10.0. The van der Waals surface area contributed by atoms with Gasteiger partial charge in [0.2, 0.25) is 0 Å². The second-order valence-corrected chi connectivity index (χ2v) is 4.83. The smallest absolute Gasteiger partial charge is 0.335 e. The monoisotopic (exact) mass is 227 g/mol. The van der Waals surface area contributed by atoms with Crippen LogP contribution in [0, 0.1) is 11.8 Å². The van der Waals surface area contributed by atoms with E-state index < -0.39 is 0 Å². The van der Waals surface area contributed by atoms with Crippen molar-refractivity contribution >= 4 is 5.97 Å². The summed E-state index contributed by atoms with van der Waals surface area (Å²) in [6, 6.07) is 0.